The summed E-state index contributed by atoms with van der Waals surface area (Å²) in [5.41, 5.74) is 2.03. The van der Waals surface area contributed by atoms with Gasteiger partial charge in [-0.25, -0.2) is 4.98 Å². The number of rotatable bonds is 4. The number of aromatic nitrogens is 1. The molecule has 5 rings (SSSR count). The van der Waals surface area contributed by atoms with Crippen molar-refractivity contribution in [2.45, 2.75) is 9.24 Å². The maximum Gasteiger partial charge on any atom is 0.282 e. The van der Waals surface area contributed by atoms with E-state index in [9.17, 15) is 13.2 Å². The summed E-state index contributed by atoms with van der Waals surface area (Å²) in [7, 11) is -3.93. The first-order valence-corrected chi connectivity index (χ1v) is 12.4. The zero-order valence-corrected chi connectivity index (χ0v) is 18.4. The van der Waals surface area contributed by atoms with Gasteiger partial charge in [0.2, 0.25) is 5.78 Å². The molecule has 1 heterocycles. The van der Waals surface area contributed by atoms with Gasteiger partial charge in [-0.2, -0.15) is 12.8 Å². The minimum Gasteiger partial charge on any atom is -0.288 e. The minimum atomic E-state index is -3.93. The van der Waals surface area contributed by atoms with Crippen molar-refractivity contribution >= 4 is 54.8 Å². The molecule has 31 heavy (non-hydrogen) atoms. The Kier molecular flexibility index (Phi) is 5.05. The van der Waals surface area contributed by atoms with Gasteiger partial charge in [0.05, 0.1) is 25.7 Å². The highest BCUT2D eigenvalue weighted by atomic mass is 32.2. The molecule has 0 saturated heterocycles. The van der Waals surface area contributed by atoms with Gasteiger partial charge >= 0.3 is 0 Å². The van der Waals surface area contributed by atoms with E-state index in [2.05, 4.69) is 9.38 Å². The van der Waals surface area contributed by atoms with E-state index in [-0.39, 0.29) is 16.4 Å². The van der Waals surface area contributed by atoms with Gasteiger partial charge in [-0.3, -0.25) is 4.79 Å². The lowest BCUT2D eigenvalue weighted by atomic mass is 9.94. The molecule has 0 fully saturated rings. The molecule has 1 aromatic heterocycles. The van der Waals surface area contributed by atoms with Gasteiger partial charge in [0.25, 0.3) is 10.0 Å². The predicted octanol–water partition coefficient (Wildman–Crippen LogP) is 5.35. The van der Waals surface area contributed by atoms with Crippen molar-refractivity contribution in [1.82, 2.24) is 4.98 Å². The summed E-state index contributed by atoms with van der Waals surface area (Å²) in [5, 5.41) is 0. The smallest absolute Gasteiger partial charge is 0.282 e. The maximum atomic E-state index is 13.1. The zero-order chi connectivity index (χ0) is 21.4. The number of thiazole rings is 1. The van der Waals surface area contributed by atoms with Crippen molar-refractivity contribution in [3.63, 3.8) is 0 Å². The number of carbonyl (C=O) groups excluding carboxylic acids is 1. The summed E-state index contributed by atoms with van der Waals surface area (Å²) in [6.45, 7) is 0. The third kappa shape index (κ3) is 3.85. The fraction of sp³-hybridized carbons (Fsp3) is 0. The van der Waals surface area contributed by atoms with Crippen LogP contribution in [0.5, 0.6) is 0 Å². The quantitative estimate of drug-likeness (QED) is 0.409. The van der Waals surface area contributed by atoms with Crippen LogP contribution in [-0.4, -0.2) is 24.9 Å². The normalized spacial score (nSPS) is 15.2. The standard InChI is InChI=1S/C23H14N2O3S3/c26-22-17-11-5-4-10-16(17)19(25-31(27,28)15-8-2-1-3-9-15)14-21(22)30-23-24-18-12-6-7-13-20(18)29-23/h1-14H. The third-order valence-corrected chi connectivity index (χ3v) is 8.10. The van der Waals surface area contributed by atoms with Gasteiger partial charge in [-0.05, 0) is 30.3 Å². The number of fused-ring (bicyclic) bond motifs is 2. The van der Waals surface area contributed by atoms with Crippen LogP contribution in [0.4, 0.5) is 0 Å². The zero-order valence-electron chi connectivity index (χ0n) is 15.9. The number of sulfonamides is 1. The second kappa shape index (κ2) is 7.88. The van der Waals surface area contributed by atoms with Crippen molar-refractivity contribution < 1.29 is 13.2 Å². The maximum absolute atomic E-state index is 13.1. The number of hydrogen-bond donors (Lipinski definition) is 0. The van der Waals surface area contributed by atoms with Crippen LogP contribution >= 0.6 is 23.1 Å². The molecule has 0 radical (unpaired) electrons. The van der Waals surface area contributed by atoms with E-state index in [4.69, 9.17) is 0 Å². The van der Waals surface area contributed by atoms with Crippen molar-refractivity contribution in [3.8, 4) is 0 Å². The topological polar surface area (TPSA) is 76.5 Å². The molecular formula is C23H14N2O3S3. The molecule has 0 aliphatic heterocycles. The van der Waals surface area contributed by atoms with E-state index < -0.39 is 10.0 Å². The molecular weight excluding hydrogens is 448 g/mol. The number of hydrogen-bond acceptors (Lipinski definition) is 6. The molecule has 4 aromatic rings. The summed E-state index contributed by atoms with van der Waals surface area (Å²) >= 11 is 2.72. The van der Waals surface area contributed by atoms with Gasteiger partial charge in [0.15, 0.2) is 4.34 Å². The van der Waals surface area contributed by atoms with Gasteiger partial charge in [-0.1, -0.05) is 66.4 Å². The SMILES string of the molecule is O=C1C(Sc2nc3ccccc3s2)=CC(=NS(=O)(=O)c2ccccc2)c2ccccc21. The molecule has 0 saturated carbocycles. The molecule has 5 nitrogen and oxygen atoms in total. The van der Waals surface area contributed by atoms with Crippen LogP contribution in [0.25, 0.3) is 10.2 Å². The first-order valence-electron chi connectivity index (χ1n) is 9.30. The van der Waals surface area contributed by atoms with Gasteiger partial charge < -0.3 is 0 Å². The second-order valence-electron chi connectivity index (χ2n) is 6.70. The number of nitrogens with zero attached hydrogens (tertiary/aromatic N) is 2. The Hall–Kier alpha value is -3.07. The van der Waals surface area contributed by atoms with Crippen molar-refractivity contribution in [3.05, 3.63) is 101 Å². The molecule has 0 spiro atoms. The van der Waals surface area contributed by atoms with Crippen LogP contribution in [-0.2, 0) is 10.0 Å². The monoisotopic (exact) mass is 462 g/mol. The van der Waals surface area contributed by atoms with Crippen LogP contribution < -0.4 is 0 Å². The molecule has 1 aliphatic carbocycles. The van der Waals surface area contributed by atoms with Gasteiger partial charge in [-0.15, -0.1) is 11.3 Å². The molecule has 0 atom stereocenters. The summed E-state index contributed by atoms with van der Waals surface area (Å²) < 4.78 is 31.5. The van der Waals surface area contributed by atoms with E-state index in [1.165, 1.54) is 35.2 Å². The van der Waals surface area contributed by atoms with Crippen molar-refractivity contribution in [1.29, 1.82) is 0 Å². The Labute approximate surface area is 187 Å². The molecule has 152 valence electrons. The fourth-order valence-corrected chi connectivity index (χ4v) is 6.34. The lowest BCUT2D eigenvalue weighted by molar-refractivity contribution is 0.104. The predicted molar refractivity (Wildman–Crippen MR) is 124 cm³/mol. The molecule has 0 bridgehead atoms. The number of ketones is 1. The second-order valence-corrected chi connectivity index (χ2v) is 10.6. The van der Waals surface area contributed by atoms with Gasteiger partial charge in [0.1, 0.15) is 0 Å². The molecule has 0 unspecified atom stereocenters. The minimum absolute atomic E-state index is 0.102. The highest BCUT2D eigenvalue weighted by Gasteiger charge is 2.27. The van der Waals surface area contributed by atoms with Crippen molar-refractivity contribution in [2.75, 3.05) is 0 Å². The van der Waals surface area contributed by atoms with Crippen LogP contribution in [0.1, 0.15) is 15.9 Å². The Balaban J connectivity index is 1.60. The Morgan fingerprint density at radius 1 is 0.839 bits per heavy atom. The first kappa shape index (κ1) is 19.9. The molecule has 0 amide bonds. The number of thioether (sulfide) groups is 1. The van der Waals surface area contributed by atoms with E-state index in [0.717, 1.165) is 10.2 Å². The van der Waals surface area contributed by atoms with Crippen LogP contribution in [0.15, 0.2) is 103 Å². The number of benzene rings is 3. The Morgan fingerprint density at radius 3 is 2.29 bits per heavy atom. The Morgan fingerprint density at radius 2 is 1.52 bits per heavy atom. The Bertz CT molecular complexity index is 1450. The summed E-state index contributed by atoms with van der Waals surface area (Å²) in [4.78, 5) is 18.2. The number of carbonyl (C=O) groups is 1. The number of para-hydroxylation sites is 1. The first-order chi connectivity index (χ1) is 15.0. The number of Topliss-reactive ketones (excluding diaryl/α,β-unsaturated/α-hetero) is 1. The van der Waals surface area contributed by atoms with E-state index in [1.54, 1.807) is 48.5 Å². The molecule has 1 aliphatic rings. The number of allylic oxidation sites excluding steroid dienone is 2. The fourth-order valence-electron chi connectivity index (χ4n) is 3.22. The lowest BCUT2D eigenvalue weighted by Gasteiger charge is -2.16. The highest BCUT2D eigenvalue weighted by molar-refractivity contribution is 8.05. The summed E-state index contributed by atoms with van der Waals surface area (Å²) in [6.07, 6.45) is 1.54. The van der Waals surface area contributed by atoms with Crippen molar-refractivity contribution in [2.24, 2.45) is 4.40 Å². The average molecular weight is 463 g/mol. The summed E-state index contributed by atoms with van der Waals surface area (Å²) in [5.74, 6) is -0.170. The van der Waals surface area contributed by atoms with E-state index in [0.29, 0.717) is 20.4 Å². The third-order valence-electron chi connectivity index (χ3n) is 4.67. The highest BCUT2D eigenvalue weighted by Crippen LogP contribution is 2.37. The summed E-state index contributed by atoms with van der Waals surface area (Å²) in [6, 6.07) is 22.7. The van der Waals surface area contributed by atoms with Crippen LogP contribution in [0.2, 0.25) is 0 Å². The molecule has 3 aromatic carbocycles. The average Bonchev–Trinajstić information content (AvgIpc) is 3.20. The lowest BCUT2D eigenvalue weighted by Crippen LogP contribution is -2.17. The molecule has 0 N–H and O–H groups in total. The van der Waals surface area contributed by atoms with E-state index >= 15 is 0 Å². The van der Waals surface area contributed by atoms with E-state index in [1.807, 2.05) is 24.3 Å². The van der Waals surface area contributed by atoms with Crippen LogP contribution in [0, 0.1) is 0 Å². The van der Waals surface area contributed by atoms with Crippen LogP contribution in [0.3, 0.4) is 0 Å². The molecule has 8 heteroatoms. The largest absolute Gasteiger partial charge is 0.288 e. The van der Waals surface area contributed by atoms with Gasteiger partial charge in [0, 0.05) is 11.1 Å².